The van der Waals surface area contributed by atoms with Gasteiger partial charge in [-0.05, 0) is 42.8 Å². The molecule has 0 spiro atoms. The molecule has 1 amide bonds. The molecule has 38 heavy (non-hydrogen) atoms. The van der Waals surface area contributed by atoms with Gasteiger partial charge < -0.3 is 14.8 Å². The van der Waals surface area contributed by atoms with Gasteiger partial charge >= 0.3 is 0 Å². The van der Waals surface area contributed by atoms with E-state index in [-0.39, 0.29) is 5.57 Å². The van der Waals surface area contributed by atoms with Crippen LogP contribution >= 0.6 is 11.6 Å². The van der Waals surface area contributed by atoms with E-state index in [1.807, 2.05) is 84.9 Å². The summed E-state index contributed by atoms with van der Waals surface area (Å²) < 4.78 is 12.8. The minimum Gasteiger partial charge on any atom is -0.489 e. The normalized spacial score (nSPS) is 11.1. The number of carbonyl (C=O) groups is 1. The molecule has 0 aliphatic heterocycles. The Morgan fingerprint density at radius 2 is 1.89 bits per heavy atom. The van der Waals surface area contributed by atoms with Crippen LogP contribution in [0.5, 0.6) is 5.75 Å². The van der Waals surface area contributed by atoms with Gasteiger partial charge in [-0.1, -0.05) is 60.1 Å². The molecule has 0 radical (unpaired) electrons. The highest BCUT2D eigenvalue weighted by Crippen LogP contribution is 2.29. The first-order chi connectivity index (χ1) is 18.6. The molecule has 0 saturated heterocycles. The Balaban J connectivity index is 1.66. The second-order valence-corrected chi connectivity index (χ2v) is 8.80. The summed E-state index contributed by atoms with van der Waals surface area (Å²) in [7, 11) is 1.60. The van der Waals surface area contributed by atoms with Crippen molar-refractivity contribution in [1.82, 2.24) is 15.1 Å². The van der Waals surface area contributed by atoms with Gasteiger partial charge in [0.15, 0.2) is 0 Å². The summed E-state index contributed by atoms with van der Waals surface area (Å²) in [5, 5.41) is 17.9. The van der Waals surface area contributed by atoms with Crippen LogP contribution < -0.4 is 10.1 Å². The van der Waals surface area contributed by atoms with Crippen LogP contribution in [0.15, 0.2) is 90.6 Å². The van der Waals surface area contributed by atoms with Gasteiger partial charge in [-0.2, -0.15) is 10.4 Å². The molecule has 0 aliphatic carbocycles. The van der Waals surface area contributed by atoms with Crippen molar-refractivity contribution in [3.8, 4) is 28.8 Å². The topological polar surface area (TPSA) is 89.2 Å². The highest BCUT2D eigenvalue weighted by molar-refractivity contribution is 6.31. The number of nitrogens with one attached hydrogen (secondary N) is 1. The Morgan fingerprint density at radius 3 is 2.66 bits per heavy atom. The highest BCUT2D eigenvalue weighted by atomic mass is 35.5. The average molecular weight is 527 g/mol. The average Bonchev–Trinajstić information content (AvgIpc) is 3.38. The molecule has 4 rings (SSSR count). The lowest BCUT2D eigenvalue weighted by atomic mass is 10.1. The molecule has 0 unspecified atom stereocenters. The molecule has 0 saturated carbocycles. The van der Waals surface area contributed by atoms with Gasteiger partial charge in [-0.3, -0.25) is 4.79 Å². The number of amides is 1. The van der Waals surface area contributed by atoms with E-state index in [0.717, 1.165) is 16.8 Å². The molecular formula is C30H27ClN4O3. The predicted octanol–water partition coefficient (Wildman–Crippen LogP) is 5.83. The van der Waals surface area contributed by atoms with Crippen LogP contribution in [0.2, 0.25) is 5.02 Å². The first kappa shape index (κ1) is 26.7. The summed E-state index contributed by atoms with van der Waals surface area (Å²) in [4.78, 5) is 12.7. The Kier molecular flexibility index (Phi) is 9.30. The number of rotatable bonds is 11. The number of halogens is 1. The molecule has 7 nitrogen and oxygen atoms in total. The van der Waals surface area contributed by atoms with E-state index in [9.17, 15) is 10.1 Å². The molecule has 1 heterocycles. The van der Waals surface area contributed by atoms with Crippen molar-refractivity contribution in [2.75, 3.05) is 20.3 Å². The quantitative estimate of drug-likeness (QED) is 0.151. The minimum atomic E-state index is -0.446. The van der Waals surface area contributed by atoms with Crippen molar-refractivity contribution in [3.05, 3.63) is 107 Å². The Labute approximate surface area is 226 Å². The number of nitriles is 1. The predicted molar refractivity (Wildman–Crippen MR) is 148 cm³/mol. The third-order valence-electron chi connectivity index (χ3n) is 5.70. The molecule has 4 aromatic rings. The van der Waals surface area contributed by atoms with E-state index in [4.69, 9.17) is 26.2 Å². The number of ether oxygens (including phenoxy) is 2. The van der Waals surface area contributed by atoms with Gasteiger partial charge in [-0.25, -0.2) is 4.68 Å². The molecule has 3 aromatic carbocycles. The van der Waals surface area contributed by atoms with E-state index in [0.29, 0.717) is 48.2 Å². The lowest BCUT2D eigenvalue weighted by Gasteiger charge is -2.09. The molecule has 0 atom stereocenters. The second-order valence-electron chi connectivity index (χ2n) is 8.39. The van der Waals surface area contributed by atoms with Crippen molar-refractivity contribution in [2.45, 2.75) is 13.0 Å². The largest absolute Gasteiger partial charge is 0.489 e. The summed E-state index contributed by atoms with van der Waals surface area (Å²) in [6, 6.07) is 26.7. The van der Waals surface area contributed by atoms with Crippen LogP contribution in [-0.4, -0.2) is 35.9 Å². The molecule has 0 fully saturated rings. The van der Waals surface area contributed by atoms with E-state index in [2.05, 4.69) is 5.32 Å². The summed E-state index contributed by atoms with van der Waals surface area (Å²) >= 11 is 6.27. The first-order valence-electron chi connectivity index (χ1n) is 12.1. The number of hydrogen-bond donors (Lipinski definition) is 1. The van der Waals surface area contributed by atoms with Gasteiger partial charge in [0.05, 0.1) is 5.69 Å². The Hall–Kier alpha value is -4.38. The molecular weight excluding hydrogens is 500 g/mol. The van der Waals surface area contributed by atoms with E-state index in [1.165, 1.54) is 0 Å². The Bertz CT molecular complexity index is 1460. The monoisotopic (exact) mass is 526 g/mol. The van der Waals surface area contributed by atoms with Crippen LogP contribution in [-0.2, 0) is 16.1 Å². The Morgan fingerprint density at radius 1 is 1.11 bits per heavy atom. The third kappa shape index (κ3) is 6.88. The minimum absolute atomic E-state index is 0.0117. The number of carbonyl (C=O) groups excluding carboxylic acids is 1. The zero-order chi connectivity index (χ0) is 26.7. The van der Waals surface area contributed by atoms with Crippen LogP contribution in [0.1, 0.15) is 17.5 Å². The zero-order valence-corrected chi connectivity index (χ0v) is 21.7. The fourth-order valence-corrected chi connectivity index (χ4v) is 3.95. The first-order valence-corrected chi connectivity index (χ1v) is 12.5. The molecule has 8 heteroatoms. The summed E-state index contributed by atoms with van der Waals surface area (Å²) in [5.41, 5.74) is 3.73. The van der Waals surface area contributed by atoms with Crippen LogP contribution in [0.3, 0.4) is 0 Å². The van der Waals surface area contributed by atoms with Gasteiger partial charge in [0.2, 0.25) is 0 Å². The summed E-state index contributed by atoms with van der Waals surface area (Å²) in [6.45, 7) is 1.25. The van der Waals surface area contributed by atoms with Crippen LogP contribution in [0, 0.1) is 11.3 Å². The van der Waals surface area contributed by atoms with Crippen LogP contribution in [0.25, 0.3) is 23.0 Å². The van der Waals surface area contributed by atoms with Crippen molar-refractivity contribution in [2.24, 2.45) is 0 Å². The molecule has 192 valence electrons. The maximum absolute atomic E-state index is 12.7. The van der Waals surface area contributed by atoms with Gasteiger partial charge in [0.1, 0.15) is 29.7 Å². The highest BCUT2D eigenvalue weighted by Gasteiger charge is 2.16. The van der Waals surface area contributed by atoms with E-state index >= 15 is 0 Å². The molecule has 0 aliphatic rings. The van der Waals surface area contributed by atoms with Crippen molar-refractivity contribution < 1.29 is 14.3 Å². The van der Waals surface area contributed by atoms with E-state index in [1.54, 1.807) is 24.1 Å². The molecule has 1 aromatic heterocycles. The number of para-hydroxylation sites is 1. The lowest BCUT2D eigenvalue weighted by molar-refractivity contribution is -0.117. The van der Waals surface area contributed by atoms with Gasteiger partial charge in [0.25, 0.3) is 5.91 Å². The molecule has 1 N–H and O–H groups in total. The van der Waals surface area contributed by atoms with Gasteiger partial charge in [0, 0.05) is 48.2 Å². The number of methoxy groups -OCH3 is 1. The zero-order valence-electron chi connectivity index (χ0n) is 20.9. The summed E-state index contributed by atoms with van der Waals surface area (Å²) in [5.74, 6) is 0.196. The SMILES string of the molecule is COCCCNC(=O)/C(C#N)=C\c1cn(-c2ccccc2)nc1-c1cccc(OCc2ccccc2Cl)c1. The number of benzene rings is 3. The maximum atomic E-state index is 12.7. The smallest absolute Gasteiger partial charge is 0.261 e. The maximum Gasteiger partial charge on any atom is 0.261 e. The fourth-order valence-electron chi connectivity index (χ4n) is 3.76. The third-order valence-corrected chi connectivity index (χ3v) is 6.07. The van der Waals surface area contributed by atoms with E-state index < -0.39 is 5.91 Å². The molecule has 0 bridgehead atoms. The fraction of sp³-hybridized carbons (Fsp3) is 0.167. The lowest BCUT2D eigenvalue weighted by Crippen LogP contribution is -2.26. The van der Waals surface area contributed by atoms with Crippen molar-refractivity contribution in [1.29, 1.82) is 5.26 Å². The summed E-state index contributed by atoms with van der Waals surface area (Å²) in [6.07, 6.45) is 4.02. The van der Waals surface area contributed by atoms with Crippen molar-refractivity contribution >= 4 is 23.6 Å². The standard InChI is InChI=1S/C30H27ClN4O3/c1-37-16-8-15-33-30(36)24(19-32)17-25-20-35(26-11-3-2-4-12-26)34-29(25)22-10-7-13-27(18-22)38-21-23-9-5-6-14-28(23)31/h2-7,9-14,17-18,20H,8,15-16,21H2,1H3,(H,33,36)/b24-17-. The van der Waals surface area contributed by atoms with Crippen LogP contribution in [0.4, 0.5) is 0 Å². The van der Waals surface area contributed by atoms with Gasteiger partial charge in [-0.15, -0.1) is 0 Å². The number of hydrogen-bond acceptors (Lipinski definition) is 5. The van der Waals surface area contributed by atoms with Crippen molar-refractivity contribution in [3.63, 3.8) is 0 Å². The number of nitrogens with zero attached hydrogens (tertiary/aromatic N) is 3. The second kappa shape index (κ2) is 13.2. The number of aromatic nitrogens is 2.